The number of nitrogens with one attached hydrogen (secondary N) is 2. The first-order chi connectivity index (χ1) is 7.77. The SMILES string of the molecule is NC1CCNc2c1ccc1c2NCCC1N. The van der Waals surface area contributed by atoms with Gasteiger partial charge in [0.05, 0.1) is 11.4 Å². The van der Waals surface area contributed by atoms with Crippen molar-refractivity contribution in [3.8, 4) is 0 Å². The number of benzene rings is 1. The number of hydrogen-bond donors (Lipinski definition) is 4. The highest BCUT2D eigenvalue weighted by Crippen LogP contribution is 2.40. The Kier molecular flexibility index (Phi) is 2.26. The lowest BCUT2D eigenvalue weighted by Crippen LogP contribution is -2.28. The fourth-order valence-electron chi connectivity index (χ4n) is 2.65. The fourth-order valence-corrected chi connectivity index (χ4v) is 2.65. The van der Waals surface area contributed by atoms with Gasteiger partial charge in [0.25, 0.3) is 0 Å². The van der Waals surface area contributed by atoms with Crippen LogP contribution in [0.1, 0.15) is 36.1 Å². The average Bonchev–Trinajstić information content (AvgIpc) is 2.30. The Balaban J connectivity index is 2.14. The van der Waals surface area contributed by atoms with Gasteiger partial charge in [0, 0.05) is 25.2 Å². The molecule has 2 atom stereocenters. The van der Waals surface area contributed by atoms with E-state index in [0.717, 1.165) is 25.9 Å². The van der Waals surface area contributed by atoms with E-state index < -0.39 is 0 Å². The Morgan fingerprint density at radius 1 is 0.875 bits per heavy atom. The van der Waals surface area contributed by atoms with Crippen molar-refractivity contribution in [2.75, 3.05) is 23.7 Å². The molecule has 1 aromatic rings. The van der Waals surface area contributed by atoms with Crippen LogP contribution in [0.2, 0.25) is 0 Å². The second kappa shape index (κ2) is 3.64. The molecule has 1 aromatic carbocycles. The normalized spacial score (nSPS) is 27.4. The summed E-state index contributed by atoms with van der Waals surface area (Å²) in [5.41, 5.74) is 17.0. The molecular formula is C12H18N4. The maximum Gasteiger partial charge on any atom is 0.0627 e. The molecule has 0 amide bonds. The summed E-state index contributed by atoms with van der Waals surface area (Å²) >= 11 is 0. The van der Waals surface area contributed by atoms with Crippen molar-refractivity contribution >= 4 is 11.4 Å². The number of nitrogens with two attached hydrogens (primary N) is 2. The van der Waals surface area contributed by atoms with Gasteiger partial charge in [-0.3, -0.25) is 0 Å². The van der Waals surface area contributed by atoms with E-state index in [1.165, 1.54) is 22.5 Å². The van der Waals surface area contributed by atoms with E-state index in [9.17, 15) is 0 Å². The van der Waals surface area contributed by atoms with Crippen LogP contribution in [0.25, 0.3) is 0 Å². The molecule has 0 fully saturated rings. The largest absolute Gasteiger partial charge is 0.383 e. The van der Waals surface area contributed by atoms with Gasteiger partial charge >= 0.3 is 0 Å². The lowest BCUT2D eigenvalue weighted by atomic mass is 9.90. The van der Waals surface area contributed by atoms with Gasteiger partial charge in [-0.15, -0.1) is 0 Å². The molecule has 16 heavy (non-hydrogen) atoms. The number of anilines is 2. The predicted molar refractivity (Wildman–Crippen MR) is 66.5 cm³/mol. The highest BCUT2D eigenvalue weighted by molar-refractivity contribution is 5.78. The molecule has 0 spiro atoms. The molecule has 4 heteroatoms. The quantitative estimate of drug-likeness (QED) is 0.529. The number of fused-ring (bicyclic) bond motifs is 3. The van der Waals surface area contributed by atoms with E-state index >= 15 is 0 Å². The molecule has 2 aliphatic heterocycles. The van der Waals surface area contributed by atoms with Crippen LogP contribution in [-0.2, 0) is 0 Å². The Morgan fingerprint density at radius 3 is 1.75 bits per heavy atom. The zero-order valence-electron chi connectivity index (χ0n) is 9.29. The van der Waals surface area contributed by atoms with Gasteiger partial charge in [-0.05, 0) is 24.0 Å². The third-order valence-electron chi connectivity index (χ3n) is 3.58. The molecular weight excluding hydrogens is 200 g/mol. The van der Waals surface area contributed by atoms with Gasteiger partial charge in [0.1, 0.15) is 0 Å². The van der Waals surface area contributed by atoms with E-state index in [2.05, 4.69) is 22.8 Å². The molecule has 0 saturated carbocycles. The monoisotopic (exact) mass is 218 g/mol. The molecule has 0 bridgehead atoms. The topological polar surface area (TPSA) is 76.1 Å². The standard InChI is InChI=1S/C12H18N4/c13-9-3-5-15-11-7(9)1-2-8-10(14)4-6-16-12(8)11/h1-2,9-10,15-16H,3-6,13-14H2. The van der Waals surface area contributed by atoms with E-state index in [-0.39, 0.29) is 12.1 Å². The maximum absolute atomic E-state index is 6.12. The summed E-state index contributed by atoms with van der Waals surface area (Å²) in [4.78, 5) is 0. The first-order valence-corrected chi connectivity index (χ1v) is 5.93. The van der Waals surface area contributed by atoms with Crippen LogP contribution in [0, 0.1) is 0 Å². The van der Waals surface area contributed by atoms with Crippen molar-refractivity contribution in [1.82, 2.24) is 0 Å². The van der Waals surface area contributed by atoms with Crippen molar-refractivity contribution < 1.29 is 0 Å². The smallest absolute Gasteiger partial charge is 0.0627 e. The van der Waals surface area contributed by atoms with Gasteiger partial charge in [-0.2, -0.15) is 0 Å². The first kappa shape index (κ1) is 9.93. The summed E-state index contributed by atoms with van der Waals surface area (Å²) in [6, 6.07) is 4.55. The Morgan fingerprint density at radius 2 is 1.31 bits per heavy atom. The minimum Gasteiger partial charge on any atom is -0.383 e. The van der Waals surface area contributed by atoms with Crippen molar-refractivity contribution in [3.05, 3.63) is 23.3 Å². The summed E-state index contributed by atoms with van der Waals surface area (Å²) in [6.45, 7) is 1.89. The molecule has 6 N–H and O–H groups in total. The lowest BCUT2D eigenvalue weighted by Gasteiger charge is -2.32. The van der Waals surface area contributed by atoms with E-state index in [1.54, 1.807) is 0 Å². The zero-order chi connectivity index (χ0) is 11.1. The van der Waals surface area contributed by atoms with Crippen LogP contribution in [0.5, 0.6) is 0 Å². The fraction of sp³-hybridized carbons (Fsp3) is 0.500. The van der Waals surface area contributed by atoms with Gasteiger partial charge in [-0.1, -0.05) is 12.1 Å². The molecule has 2 unspecified atom stereocenters. The van der Waals surface area contributed by atoms with Crippen LogP contribution in [0.4, 0.5) is 11.4 Å². The van der Waals surface area contributed by atoms with Crippen LogP contribution in [0.3, 0.4) is 0 Å². The average molecular weight is 218 g/mol. The van der Waals surface area contributed by atoms with Crippen LogP contribution in [-0.4, -0.2) is 13.1 Å². The summed E-state index contributed by atoms with van der Waals surface area (Å²) < 4.78 is 0. The van der Waals surface area contributed by atoms with E-state index in [0.29, 0.717) is 0 Å². The maximum atomic E-state index is 6.12. The van der Waals surface area contributed by atoms with Crippen molar-refractivity contribution in [2.24, 2.45) is 11.5 Å². The molecule has 0 saturated heterocycles. The Hall–Kier alpha value is -1.26. The Bertz CT molecular complexity index is 377. The minimum atomic E-state index is 0.154. The second-order valence-electron chi connectivity index (χ2n) is 4.64. The van der Waals surface area contributed by atoms with Crippen molar-refractivity contribution in [1.29, 1.82) is 0 Å². The highest BCUT2D eigenvalue weighted by Gasteiger charge is 2.25. The number of hydrogen-bond acceptors (Lipinski definition) is 4. The molecule has 0 radical (unpaired) electrons. The summed E-state index contributed by atoms with van der Waals surface area (Å²) in [7, 11) is 0. The second-order valence-corrected chi connectivity index (χ2v) is 4.64. The third kappa shape index (κ3) is 1.37. The van der Waals surface area contributed by atoms with Crippen LogP contribution in [0.15, 0.2) is 12.1 Å². The van der Waals surface area contributed by atoms with Crippen molar-refractivity contribution in [2.45, 2.75) is 24.9 Å². The molecule has 2 heterocycles. The van der Waals surface area contributed by atoms with Gasteiger partial charge in [0.15, 0.2) is 0 Å². The first-order valence-electron chi connectivity index (χ1n) is 5.93. The van der Waals surface area contributed by atoms with Crippen LogP contribution < -0.4 is 22.1 Å². The predicted octanol–water partition coefficient (Wildman–Crippen LogP) is 1.32. The lowest BCUT2D eigenvalue weighted by molar-refractivity contribution is 0.637. The molecule has 3 rings (SSSR count). The summed E-state index contributed by atoms with van der Waals surface area (Å²) in [5, 5.41) is 6.89. The van der Waals surface area contributed by atoms with Gasteiger partial charge in [-0.25, -0.2) is 0 Å². The molecule has 86 valence electrons. The van der Waals surface area contributed by atoms with Crippen molar-refractivity contribution in [3.63, 3.8) is 0 Å². The summed E-state index contributed by atoms with van der Waals surface area (Å²) in [5.74, 6) is 0. The number of rotatable bonds is 0. The Labute approximate surface area is 95.4 Å². The third-order valence-corrected chi connectivity index (χ3v) is 3.58. The van der Waals surface area contributed by atoms with Gasteiger partial charge < -0.3 is 22.1 Å². The van der Waals surface area contributed by atoms with Crippen LogP contribution >= 0.6 is 0 Å². The molecule has 4 nitrogen and oxygen atoms in total. The molecule has 2 aliphatic rings. The van der Waals surface area contributed by atoms with Gasteiger partial charge in [0.2, 0.25) is 0 Å². The zero-order valence-corrected chi connectivity index (χ0v) is 9.29. The highest BCUT2D eigenvalue weighted by atomic mass is 15.0. The summed E-state index contributed by atoms with van der Waals surface area (Å²) in [6.07, 6.45) is 2.00. The minimum absolute atomic E-state index is 0.154. The molecule has 0 aliphatic carbocycles. The molecule has 0 aromatic heterocycles. The van der Waals surface area contributed by atoms with E-state index in [1.807, 2.05) is 0 Å². The van der Waals surface area contributed by atoms with E-state index in [4.69, 9.17) is 11.5 Å².